The molecule has 0 radical (unpaired) electrons. The third kappa shape index (κ3) is 3.78. The van der Waals surface area contributed by atoms with Crippen molar-refractivity contribution in [3.63, 3.8) is 0 Å². The van der Waals surface area contributed by atoms with Crippen molar-refractivity contribution in [1.82, 2.24) is 10.3 Å². The third-order valence-corrected chi connectivity index (χ3v) is 3.30. The number of hydrogen-bond acceptors (Lipinski definition) is 3. The molecule has 0 saturated carbocycles. The van der Waals surface area contributed by atoms with Crippen molar-refractivity contribution in [1.29, 1.82) is 0 Å². The van der Waals surface area contributed by atoms with Gasteiger partial charge in [-0.05, 0) is 44.5 Å². The molecule has 20 heavy (non-hydrogen) atoms. The number of aromatic nitrogens is 1. The van der Waals surface area contributed by atoms with E-state index in [9.17, 15) is 0 Å². The lowest BCUT2D eigenvalue weighted by molar-refractivity contribution is 0.0614. The fourth-order valence-corrected chi connectivity index (χ4v) is 2.29. The first-order valence-corrected chi connectivity index (χ1v) is 7.41. The summed E-state index contributed by atoms with van der Waals surface area (Å²) >= 11 is 0. The molecule has 2 aromatic rings. The quantitative estimate of drug-likeness (QED) is 0.834. The first-order chi connectivity index (χ1) is 9.72. The summed E-state index contributed by atoms with van der Waals surface area (Å²) in [5, 5.41) is 4.79. The van der Waals surface area contributed by atoms with Crippen LogP contribution < -0.4 is 5.32 Å². The number of benzene rings is 1. The molecule has 1 aromatic heterocycles. The van der Waals surface area contributed by atoms with Crippen LogP contribution in [0, 0.1) is 0 Å². The fraction of sp³-hybridized carbons (Fsp3) is 0.471. The molecule has 0 aliphatic heterocycles. The highest BCUT2D eigenvalue weighted by Crippen LogP contribution is 2.23. The second-order valence-electron chi connectivity index (χ2n) is 5.31. The zero-order chi connectivity index (χ0) is 14.4. The lowest BCUT2D eigenvalue weighted by Gasteiger charge is -2.21. The van der Waals surface area contributed by atoms with Gasteiger partial charge in [0.2, 0.25) is 0 Å². The van der Waals surface area contributed by atoms with Gasteiger partial charge in [0.15, 0.2) is 0 Å². The van der Waals surface area contributed by atoms with Crippen LogP contribution >= 0.6 is 0 Å². The predicted molar refractivity (Wildman–Crippen MR) is 83.9 cm³/mol. The van der Waals surface area contributed by atoms with Crippen molar-refractivity contribution in [3.8, 4) is 0 Å². The molecule has 1 aromatic carbocycles. The molecule has 0 aliphatic rings. The lowest BCUT2D eigenvalue weighted by Crippen LogP contribution is -2.27. The smallest absolute Gasteiger partial charge is 0.0705 e. The largest absolute Gasteiger partial charge is 0.377 e. The summed E-state index contributed by atoms with van der Waals surface area (Å²) in [7, 11) is 0. The highest BCUT2D eigenvalue weighted by molar-refractivity contribution is 5.82. The number of nitrogens with one attached hydrogen (secondary N) is 1. The summed E-state index contributed by atoms with van der Waals surface area (Å²) < 4.78 is 5.82. The van der Waals surface area contributed by atoms with Crippen LogP contribution in [0.15, 0.2) is 36.5 Å². The van der Waals surface area contributed by atoms with Crippen LogP contribution in [0.5, 0.6) is 0 Å². The molecular weight excluding hydrogens is 248 g/mol. The molecule has 0 saturated heterocycles. The highest BCUT2D eigenvalue weighted by atomic mass is 16.5. The van der Waals surface area contributed by atoms with E-state index in [0.717, 1.165) is 18.5 Å². The summed E-state index contributed by atoms with van der Waals surface area (Å²) in [6.07, 6.45) is 3.24. The van der Waals surface area contributed by atoms with E-state index in [2.05, 4.69) is 55.3 Å². The summed E-state index contributed by atoms with van der Waals surface area (Å²) in [4.78, 5) is 4.43. The maximum absolute atomic E-state index is 5.82. The molecule has 0 bridgehead atoms. The molecule has 0 spiro atoms. The Labute approximate surface area is 121 Å². The van der Waals surface area contributed by atoms with Gasteiger partial charge in [-0.15, -0.1) is 0 Å². The molecule has 2 rings (SSSR count). The lowest BCUT2D eigenvalue weighted by atomic mass is 10.0. The van der Waals surface area contributed by atoms with Gasteiger partial charge in [0.05, 0.1) is 24.3 Å². The number of para-hydroxylation sites is 1. The number of rotatable bonds is 7. The average Bonchev–Trinajstić information content (AvgIpc) is 2.47. The molecule has 3 nitrogen and oxygen atoms in total. The zero-order valence-corrected chi connectivity index (χ0v) is 12.6. The van der Waals surface area contributed by atoms with Crippen LogP contribution in [0.4, 0.5) is 0 Å². The Hall–Kier alpha value is -1.45. The fourth-order valence-electron chi connectivity index (χ4n) is 2.29. The van der Waals surface area contributed by atoms with Crippen LogP contribution in [-0.4, -0.2) is 24.2 Å². The SMILES string of the molecule is CCCNC(COC(C)C)c1ccnc2ccccc12. The molecule has 0 fully saturated rings. The molecular formula is C17H24N2O. The van der Waals surface area contributed by atoms with E-state index >= 15 is 0 Å². The van der Waals surface area contributed by atoms with Crippen molar-refractivity contribution in [2.75, 3.05) is 13.2 Å². The van der Waals surface area contributed by atoms with E-state index in [1.807, 2.05) is 12.3 Å². The monoisotopic (exact) mass is 272 g/mol. The van der Waals surface area contributed by atoms with Crippen LogP contribution in [0.25, 0.3) is 10.9 Å². The normalized spacial score (nSPS) is 13.0. The maximum Gasteiger partial charge on any atom is 0.0705 e. The average molecular weight is 272 g/mol. The summed E-state index contributed by atoms with van der Waals surface area (Å²) in [5.41, 5.74) is 2.31. The molecule has 0 aliphatic carbocycles. The molecule has 3 heteroatoms. The van der Waals surface area contributed by atoms with E-state index < -0.39 is 0 Å². The minimum atomic E-state index is 0.213. The summed E-state index contributed by atoms with van der Waals surface area (Å²) in [6.45, 7) is 8.00. The molecule has 1 unspecified atom stereocenters. The van der Waals surface area contributed by atoms with E-state index in [-0.39, 0.29) is 12.1 Å². The summed E-state index contributed by atoms with van der Waals surface area (Å²) in [5.74, 6) is 0. The van der Waals surface area contributed by atoms with Crippen molar-refractivity contribution >= 4 is 10.9 Å². The van der Waals surface area contributed by atoms with Crippen molar-refractivity contribution in [2.45, 2.75) is 39.3 Å². The van der Waals surface area contributed by atoms with Gasteiger partial charge in [0, 0.05) is 11.6 Å². The molecule has 1 N–H and O–H groups in total. The number of pyridine rings is 1. The maximum atomic E-state index is 5.82. The Morgan fingerprint density at radius 2 is 2.00 bits per heavy atom. The van der Waals surface area contributed by atoms with Crippen LogP contribution in [0.2, 0.25) is 0 Å². The Kier molecular flexibility index (Phi) is 5.50. The molecule has 1 atom stereocenters. The van der Waals surface area contributed by atoms with Crippen molar-refractivity contribution in [2.24, 2.45) is 0 Å². The van der Waals surface area contributed by atoms with Gasteiger partial charge in [0.25, 0.3) is 0 Å². The Bertz CT molecular complexity index is 534. The zero-order valence-electron chi connectivity index (χ0n) is 12.6. The van der Waals surface area contributed by atoms with E-state index in [1.165, 1.54) is 10.9 Å². The Morgan fingerprint density at radius 1 is 1.20 bits per heavy atom. The number of hydrogen-bond donors (Lipinski definition) is 1. The predicted octanol–water partition coefficient (Wildman–Crippen LogP) is 3.70. The summed E-state index contributed by atoms with van der Waals surface area (Å²) in [6, 6.07) is 10.6. The third-order valence-electron chi connectivity index (χ3n) is 3.30. The minimum Gasteiger partial charge on any atom is -0.377 e. The van der Waals surface area contributed by atoms with Gasteiger partial charge >= 0.3 is 0 Å². The first kappa shape index (κ1) is 14.9. The number of ether oxygens (including phenoxy) is 1. The van der Waals surface area contributed by atoms with Gasteiger partial charge in [-0.1, -0.05) is 25.1 Å². The van der Waals surface area contributed by atoms with Crippen LogP contribution in [-0.2, 0) is 4.74 Å². The van der Waals surface area contributed by atoms with Gasteiger partial charge in [-0.3, -0.25) is 4.98 Å². The Morgan fingerprint density at radius 3 is 2.75 bits per heavy atom. The van der Waals surface area contributed by atoms with Gasteiger partial charge < -0.3 is 10.1 Å². The topological polar surface area (TPSA) is 34.1 Å². The molecule has 0 amide bonds. The van der Waals surface area contributed by atoms with Crippen LogP contribution in [0.3, 0.4) is 0 Å². The number of nitrogens with zero attached hydrogens (tertiary/aromatic N) is 1. The second-order valence-corrected chi connectivity index (χ2v) is 5.31. The van der Waals surface area contributed by atoms with Gasteiger partial charge in [0.1, 0.15) is 0 Å². The second kappa shape index (κ2) is 7.36. The van der Waals surface area contributed by atoms with Crippen LogP contribution in [0.1, 0.15) is 38.8 Å². The minimum absolute atomic E-state index is 0.213. The van der Waals surface area contributed by atoms with E-state index in [1.54, 1.807) is 0 Å². The number of fused-ring (bicyclic) bond motifs is 1. The molecule has 1 heterocycles. The highest BCUT2D eigenvalue weighted by Gasteiger charge is 2.14. The first-order valence-electron chi connectivity index (χ1n) is 7.41. The van der Waals surface area contributed by atoms with Gasteiger partial charge in [-0.25, -0.2) is 0 Å². The van der Waals surface area contributed by atoms with Crippen molar-refractivity contribution < 1.29 is 4.74 Å². The van der Waals surface area contributed by atoms with Gasteiger partial charge in [-0.2, -0.15) is 0 Å². The standard InChI is InChI=1S/C17H24N2O/c1-4-10-18-17(12-20-13(2)3)15-9-11-19-16-8-6-5-7-14(15)16/h5-9,11,13,17-18H,4,10,12H2,1-3H3. The Balaban J connectivity index is 2.29. The van der Waals surface area contributed by atoms with Crippen molar-refractivity contribution in [3.05, 3.63) is 42.1 Å². The van der Waals surface area contributed by atoms with E-state index in [0.29, 0.717) is 6.61 Å². The molecule has 108 valence electrons. The van der Waals surface area contributed by atoms with E-state index in [4.69, 9.17) is 4.74 Å².